The van der Waals surface area contributed by atoms with E-state index < -0.39 is 5.82 Å². The summed E-state index contributed by atoms with van der Waals surface area (Å²) in [4.78, 5) is 33.3. The van der Waals surface area contributed by atoms with Crippen LogP contribution < -0.4 is 4.90 Å². The van der Waals surface area contributed by atoms with Crippen LogP contribution in [0.5, 0.6) is 0 Å². The zero-order valence-corrected chi connectivity index (χ0v) is 18.1. The van der Waals surface area contributed by atoms with Crippen molar-refractivity contribution in [1.82, 2.24) is 9.88 Å². The summed E-state index contributed by atoms with van der Waals surface area (Å²) in [7, 11) is 1.77. The Balaban J connectivity index is 1.50. The summed E-state index contributed by atoms with van der Waals surface area (Å²) in [5.41, 5.74) is 3.93. The van der Waals surface area contributed by atoms with Crippen LogP contribution in [0.3, 0.4) is 0 Å². The largest absolute Gasteiger partial charge is 0.361 e. The van der Waals surface area contributed by atoms with Crippen LogP contribution >= 0.6 is 0 Å². The van der Waals surface area contributed by atoms with Gasteiger partial charge in [0.05, 0.1) is 5.57 Å². The van der Waals surface area contributed by atoms with Crippen molar-refractivity contribution in [2.75, 3.05) is 18.5 Å². The number of para-hydroxylation sites is 2. The Kier molecular flexibility index (Phi) is 5.26. The molecule has 5 nitrogen and oxygen atoms in total. The highest BCUT2D eigenvalue weighted by molar-refractivity contribution is 6.36. The van der Waals surface area contributed by atoms with Crippen LogP contribution in [0.25, 0.3) is 16.5 Å². The monoisotopic (exact) mass is 439 g/mol. The minimum Gasteiger partial charge on any atom is -0.361 e. The number of nitrogens with zero attached hydrogens (tertiary/aromatic N) is 2. The molecule has 5 rings (SSSR count). The Hall–Kier alpha value is -4.19. The molecule has 1 aliphatic heterocycles. The van der Waals surface area contributed by atoms with Crippen LogP contribution in [-0.4, -0.2) is 35.3 Å². The number of hydrogen-bond acceptors (Lipinski definition) is 3. The number of nitrogens with one attached hydrogen (secondary N) is 1. The number of aromatic amines is 1. The predicted octanol–water partition coefficient (Wildman–Crippen LogP) is 4.77. The first-order chi connectivity index (χ1) is 16.0. The molecule has 4 aromatic rings. The molecule has 0 saturated carbocycles. The first-order valence-corrected chi connectivity index (χ1v) is 10.7. The maximum Gasteiger partial charge on any atom is 0.278 e. The van der Waals surface area contributed by atoms with Gasteiger partial charge in [-0.3, -0.25) is 14.5 Å². The van der Waals surface area contributed by atoms with Gasteiger partial charge in [0, 0.05) is 36.4 Å². The van der Waals surface area contributed by atoms with Gasteiger partial charge in [-0.15, -0.1) is 0 Å². The average molecular weight is 439 g/mol. The van der Waals surface area contributed by atoms with Gasteiger partial charge in [-0.25, -0.2) is 4.39 Å². The number of aromatic nitrogens is 1. The number of fused-ring (bicyclic) bond motifs is 1. The lowest BCUT2D eigenvalue weighted by Gasteiger charge is -2.21. The van der Waals surface area contributed by atoms with E-state index in [1.54, 1.807) is 11.9 Å². The van der Waals surface area contributed by atoms with Crippen molar-refractivity contribution in [2.24, 2.45) is 0 Å². The topological polar surface area (TPSA) is 56.4 Å². The van der Waals surface area contributed by atoms with Crippen molar-refractivity contribution in [2.45, 2.75) is 6.42 Å². The molecule has 0 fully saturated rings. The number of amides is 2. The summed E-state index contributed by atoms with van der Waals surface area (Å²) in [6.07, 6.45) is 2.45. The van der Waals surface area contributed by atoms with E-state index in [9.17, 15) is 14.0 Å². The van der Waals surface area contributed by atoms with Gasteiger partial charge in [-0.2, -0.15) is 0 Å². The van der Waals surface area contributed by atoms with Crippen LogP contribution in [0.4, 0.5) is 10.1 Å². The van der Waals surface area contributed by atoms with Gasteiger partial charge < -0.3 is 9.88 Å². The SMILES string of the molecule is CN(C1=C(c2ccc(F)cc2)C(=O)N(CCc2c[nH]c3ccccc23)C1=O)c1ccccc1. The van der Waals surface area contributed by atoms with E-state index in [1.165, 1.54) is 29.2 Å². The highest BCUT2D eigenvalue weighted by atomic mass is 19.1. The fourth-order valence-electron chi connectivity index (χ4n) is 4.31. The van der Waals surface area contributed by atoms with E-state index in [0.717, 1.165) is 22.2 Å². The molecule has 0 spiro atoms. The van der Waals surface area contributed by atoms with Crippen molar-refractivity contribution in [3.63, 3.8) is 0 Å². The van der Waals surface area contributed by atoms with E-state index in [2.05, 4.69) is 4.98 Å². The van der Waals surface area contributed by atoms with Crippen molar-refractivity contribution >= 4 is 34.0 Å². The lowest BCUT2D eigenvalue weighted by molar-refractivity contribution is -0.136. The van der Waals surface area contributed by atoms with Gasteiger partial charge in [-0.05, 0) is 47.9 Å². The average Bonchev–Trinajstić information content (AvgIpc) is 3.36. The zero-order chi connectivity index (χ0) is 22.9. The minimum atomic E-state index is -0.398. The number of hydrogen-bond donors (Lipinski definition) is 1. The molecule has 6 heteroatoms. The maximum absolute atomic E-state index is 13.6. The van der Waals surface area contributed by atoms with E-state index >= 15 is 0 Å². The quantitative estimate of drug-likeness (QED) is 0.441. The van der Waals surface area contributed by atoms with Crippen molar-refractivity contribution in [3.8, 4) is 0 Å². The fourth-order valence-corrected chi connectivity index (χ4v) is 4.31. The number of H-pyrrole nitrogens is 1. The fraction of sp³-hybridized carbons (Fsp3) is 0.111. The molecule has 1 N–H and O–H groups in total. The second-order valence-electron chi connectivity index (χ2n) is 8.00. The molecule has 0 saturated heterocycles. The van der Waals surface area contributed by atoms with E-state index in [1.807, 2.05) is 60.8 Å². The number of carbonyl (C=O) groups excluding carboxylic acids is 2. The molecule has 33 heavy (non-hydrogen) atoms. The van der Waals surface area contributed by atoms with Gasteiger partial charge in [0.1, 0.15) is 11.5 Å². The lowest BCUT2D eigenvalue weighted by Crippen LogP contribution is -2.35. The van der Waals surface area contributed by atoms with Crippen LogP contribution in [0.1, 0.15) is 11.1 Å². The molecule has 0 atom stereocenters. The Morgan fingerprint density at radius 3 is 2.33 bits per heavy atom. The summed E-state index contributed by atoms with van der Waals surface area (Å²) in [5, 5.41) is 1.07. The number of rotatable bonds is 6. The molecule has 1 aromatic heterocycles. The molecular weight excluding hydrogens is 417 g/mol. The number of carbonyl (C=O) groups is 2. The first-order valence-electron chi connectivity index (χ1n) is 10.7. The number of benzene rings is 3. The van der Waals surface area contributed by atoms with Crippen LogP contribution in [0.2, 0.25) is 0 Å². The first kappa shape index (κ1) is 20.7. The molecule has 2 heterocycles. The van der Waals surface area contributed by atoms with Crippen molar-refractivity contribution in [3.05, 3.63) is 108 Å². The molecule has 2 amide bonds. The second kappa shape index (κ2) is 8.39. The standard InChI is InChI=1S/C27H22FN3O2/c1-30(21-7-3-2-4-8-21)25-24(18-11-13-20(28)14-12-18)26(32)31(27(25)33)16-15-19-17-29-23-10-6-5-9-22(19)23/h2-14,17,29H,15-16H2,1H3. The third-order valence-corrected chi connectivity index (χ3v) is 6.04. The van der Waals surface area contributed by atoms with Crippen LogP contribution in [-0.2, 0) is 16.0 Å². The smallest absolute Gasteiger partial charge is 0.278 e. The molecular formula is C27H22FN3O2. The van der Waals surface area contributed by atoms with Gasteiger partial charge in [-0.1, -0.05) is 48.5 Å². The molecule has 1 aliphatic rings. The van der Waals surface area contributed by atoms with Crippen LogP contribution in [0.15, 0.2) is 90.8 Å². The summed E-state index contributed by atoms with van der Waals surface area (Å²) in [6, 6.07) is 23.0. The number of imide groups is 1. The minimum absolute atomic E-state index is 0.246. The molecule has 0 unspecified atom stereocenters. The van der Waals surface area contributed by atoms with Crippen LogP contribution in [0, 0.1) is 5.82 Å². The molecule has 0 aliphatic carbocycles. The van der Waals surface area contributed by atoms with Gasteiger partial charge in [0.15, 0.2) is 0 Å². The predicted molar refractivity (Wildman–Crippen MR) is 127 cm³/mol. The van der Waals surface area contributed by atoms with Crippen molar-refractivity contribution < 1.29 is 14.0 Å². The molecule has 3 aromatic carbocycles. The highest BCUT2D eigenvalue weighted by Crippen LogP contribution is 2.34. The maximum atomic E-state index is 13.6. The summed E-state index contributed by atoms with van der Waals surface area (Å²) in [5.74, 6) is -1.12. The van der Waals surface area contributed by atoms with E-state index in [-0.39, 0.29) is 29.6 Å². The number of anilines is 1. The highest BCUT2D eigenvalue weighted by Gasteiger charge is 2.40. The Morgan fingerprint density at radius 1 is 0.879 bits per heavy atom. The summed E-state index contributed by atoms with van der Waals surface area (Å²) in [6.45, 7) is 0.246. The third-order valence-electron chi connectivity index (χ3n) is 6.04. The number of likely N-dealkylation sites (N-methyl/N-ethyl adjacent to an activating group) is 1. The zero-order valence-electron chi connectivity index (χ0n) is 18.1. The lowest BCUT2D eigenvalue weighted by atomic mass is 10.0. The third kappa shape index (κ3) is 3.69. The van der Waals surface area contributed by atoms with Gasteiger partial charge in [0.25, 0.3) is 11.8 Å². The summed E-state index contributed by atoms with van der Waals surface area (Å²) >= 11 is 0. The molecule has 164 valence electrons. The Morgan fingerprint density at radius 2 is 1.58 bits per heavy atom. The van der Waals surface area contributed by atoms with E-state index in [4.69, 9.17) is 0 Å². The normalized spacial score (nSPS) is 13.9. The molecule has 0 bridgehead atoms. The number of halogens is 1. The summed E-state index contributed by atoms with van der Waals surface area (Å²) < 4.78 is 13.6. The Labute approximate surface area is 190 Å². The second-order valence-corrected chi connectivity index (χ2v) is 8.00. The molecule has 0 radical (unpaired) electrons. The van der Waals surface area contributed by atoms with Gasteiger partial charge >= 0.3 is 0 Å². The van der Waals surface area contributed by atoms with Crippen molar-refractivity contribution in [1.29, 1.82) is 0 Å². The van der Waals surface area contributed by atoms with Gasteiger partial charge in [0.2, 0.25) is 0 Å². The van der Waals surface area contributed by atoms with E-state index in [0.29, 0.717) is 12.0 Å². The Bertz CT molecular complexity index is 1370.